The number of nitrogens with one attached hydrogen (secondary N) is 7. The van der Waals surface area contributed by atoms with Gasteiger partial charge in [0, 0.05) is 26.0 Å². The van der Waals surface area contributed by atoms with Crippen molar-refractivity contribution in [1.29, 1.82) is 0 Å². The average molecular weight is 995 g/mol. The average Bonchev–Trinajstić information content (AvgIpc) is 3.30. The van der Waals surface area contributed by atoms with Gasteiger partial charge in [-0.05, 0) is 70.8 Å². The molecule has 22 heteroatoms. The summed E-state index contributed by atoms with van der Waals surface area (Å²) in [6.45, 7) is 11.7. The van der Waals surface area contributed by atoms with E-state index in [4.69, 9.17) is 16.2 Å². The summed E-state index contributed by atoms with van der Waals surface area (Å²) < 4.78 is 5.81. The zero-order valence-corrected chi connectivity index (χ0v) is 41.9. The van der Waals surface area contributed by atoms with Gasteiger partial charge in [0.1, 0.15) is 35.9 Å². The van der Waals surface area contributed by atoms with Gasteiger partial charge < -0.3 is 63.6 Å². The number of carboxylic acid groups (broad SMARTS) is 2. The second-order valence-corrected chi connectivity index (χ2v) is 18.0. The van der Waals surface area contributed by atoms with Gasteiger partial charge in [-0.3, -0.25) is 38.6 Å². The lowest BCUT2D eigenvalue weighted by molar-refractivity contribution is -0.144. The van der Waals surface area contributed by atoms with Crippen molar-refractivity contribution in [3.8, 4) is 0 Å². The van der Waals surface area contributed by atoms with E-state index in [0.717, 1.165) is 5.56 Å². The van der Waals surface area contributed by atoms with Crippen LogP contribution in [0.1, 0.15) is 99.0 Å². The molecule has 9 unspecified atom stereocenters. The third-order valence-electron chi connectivity index (χ3n) is 11.6. The maximum absolute atomic E-state index is 14.3. The normalized spacial score (nSPS) is 24.7. The second-order valence-electron chi connectivity index (χ2n) is 18.0. The van der Waals surface area contributed by atoms with Crippen LogP contribution >= 0.6 is 0 Å². The predicted molar refractivity (Wildman–Crippen MR) is 264 cm³/mol. The first-order chi connectivity index (χ1) is 33.4. The number of amides is 7. The molecular weight excluding hydrogens is 921 g/mol. The summed E-state index contributed by atoms with van der Waals surface area (Å²) in [5.74, 6) is -10.7. The fraction of sp³-hybridized carbons (Fsp3) is 0.551. The molecule has 392 valence electrons. The Balaban J connectivity index is 2.69. The minimum atomic E-state index is -1.84. The maximum Gasteiger partial charge on any atom is 0.326 e. The lowest BCUT2D eigenvalue weighted by Crippen LogP contribution is -2.56. The van der Waals surface area contributed by atoms with Crippen LogP contribution in [0.25, 0.3) is 0 Å². The number of ether oxygens (including phenoxy) is 1. The quantitative estimate of drug-likeness (QED) is 0.0359. The standard InChI is InChI=1S/C49H74N10O12/c1-9-33-44(64)53-31(7)43(63)57-36(19-17-27(2)3)46(66)59-38(48(69)70)26-41(61)55-35(16-13-23-52-49(50)51)45(65)56-34(30(6)42(62)58-37(47(67)68)21-22-40(60)54-33)20-18-28(4)24-29(5)39(71-8)25-32-14-11-10-12-15-32/h9-12,14-15,18,20,24,27,29-31,34-39H,13,16-17,19,21-23,25-26H2,1-8H3,(H,53,64)(H,54,60)(H,55,61)(H,56,65)(H,57,63)(H,58,62)(H,59,66)(H,67,68)(H,69,70)(H4,50,51,52). The van der Waals surface area contributed by atoms with Gasteiger partial charge in [0.25, 0.3) is 5.91 Å². The van der Waals surface area contributed by atoms with Crippen molar-refractivity contribution in [2.45, 2.75) is 142 Å². The van der Waals surface area contributed by atoms with Crippen molar-refractivity contribution in [3.63, 3.8) is 0 Å². The summed E-state index contributed by atoms with van der Waals surface area (Å²) in [5, 5.41) is 37.7. The summed E-state index contributed by atoms with van der Waals surface area (Å²) in [6.07, 6.45) is 5.51. The molecule has 1 saturated heterocycles. The minimum Gasteiger partial charge on any atom is -0.480 e. The number of hydrogen-bond donors (Lipinski definition) is 11. The molecule has 0 saturated carbocycles. The molecule has 13 N–H and O–H groups in total. The van der Waals surface area contributed by atoms with Gasteiger partial charge in [0.15, 0.2) is 5.96 Å². The molecule has 0 aromatic heterocycles. The number of aliphatic imine (C=N–C) groups is 1. The number of rotatable bonds is 16. The molecule has 1 aliphatic rings. The molecule has 0 radical (unpaired) electrons. The molecule has 9 atom stereocenters. The number of carboxylic acids is 2. The van der Waals surface area contributed by atoms with Crippen LogP contribution in [0, 0.1) is 17.8 Å². The lowest BCUT2D eigenvalue weighted by atomic mass is 9.94. The number of allylic oxidation sites excluding steroid dienone is 3. The number of methoxy groups -OCH3 is 1. The summed E-state index contributed by atoms with van der Waals surface area (Å²) >= 11 is 0. The van der Waals surface area contributed by atoms with Crippen molar-refractivity contribution < 1.29 is 58.1 Å². The van der Waals surface area contributed by atoms with Gasteiger partial charge >= 0.3 is 11.9 Å². The van der Waals surface area contributed by atoms with E-state index >= 15 is 0 Å². The zero-order chi connectivity index (χ0) is 53.4. The Hall–Kier alpha value is -7.10. The van der Waals surface area contributed by atoms with E-state index in [0.29, 0.717) is 18.4 Å². The Bertz CT molecular complexity index is 2140. The van der Waals surface area contributed by atoms with Gasteiger partial charge in [-0.25, -0.2) is 9.59 Å². The van der Waals surface area contributed by atoms with Crippen LogP contribution in [0.5, 0.6) is 0 Å². The number of guanidine groups is 1. The number of nitrogens with zero attached hydrogens (tertiary/aromatic N) is 1. The first kappa shape index (κ1) is 60.0. The third-order valence-corrected chi connectivity index (χ3v) is 11.6. The van der Waals surface area contributed by atoms with Gasteiger partial charge in [-0.1, -0.05) is 87.9 Å². The molecule has 2 rings (SSSR count). The van der Waals surface area contributed by atoms with E-state index in [2.05, 4.69) is 42.2 Å². The fourth-order valence-corrected chi connectivity index (χ4v) is 7.33. The highest BCUT2D eigenvalue weighted by Crippen LogP contribution is 2.18. The Morgan fingerprint density at radius 3 is 2.03 bits per heavy atom. The maximum atomic E-state index is 14.3. The Morgan fingerprint density at radius 2 is 1.44 bits per heavy atom. The molecule has 0 spiro atoms. The number of nitrogens with two attached hydrogens (primary N) is 2. The molecule has 1 aromatic carbocycles. The largest absolute Gasteiger partial charge is 0.480 e. The smallest absolute Gasteiger partial charge is 0.326 e. The van der Waals surface area contributed by atoms with E-state index in [9.17, 15) is 53.4 Å². The van der Waals surface area contributed by atoms with Crippen LogP contribution < -0.4 is 48.7 Å². The minimum absolute atomic E-state index is 0.0310. The molecule has 1 fully saturated rings. The van der Waals surface area contributed by atoms with E-state index in [1.54, 1.807) is 20.1 Å². The summed E-state index contributed by atoms with van der Waals surface area (Å²) in [4.78, 5) is 124. The van der Waals surface area contributed by atoms with E-state index in [1.807, 2.05) is 57.2 Å². The molecule has 0 bridgehead atoms. The fourth-order valence-electron chi connectivity index (χ4n) is 7.33. The molecule has 1 aromatic rings. The topological polar surface area (TPSA) is 352 Å². The van der Waals surface area contributed by atoms with Crippen LogP contribution in [0.4, 0.5) is 0 Å². The zero-order valence-electron chi connectivity index (χ0n) is 41.9. The van der Waals surface area contributed by atoms with Gasteiger partial charge in [-0.15, -0.1) is 0 Å². The van der Waals surface area contributed by atoms with E-state index < -0.39 is 115 Å². The highest BCUT2D eigenvalue weighted by atomic mass is 16.5. The first-order valence-electron chi connectivity index (χ1n) is 23.7. The van der Waals surface area contributed by atoms with Crippen LogP contribution in [-0.4, -0.2) is 125 Å². The molecule has 1 heterocycles. The molecule has 0 aliphatic carbocycles. The number of hydrogen-bond acceptors (Lipinski definition) is 11. The number of carbonyl (C=O) groups is 9. The van der Waals surface area contributed by atoms with Crippen molar-refractivity contribution >= 4 is 59.2 Å². The summed E-state index contributed by atoms with van der Waals surface area (Å²) in [7, 11) is 1.61. The molecule has 1 aliphatic heterocycles. The van der Waals surface area contributed by atoms with Gasteiger partial charge in [-0.2, -0.15) is 0 Å². The van der Waals surface area contributed by atoms with Gasteiger partial charge in [0.05, 0.1) is 24.5 Å². The van der Waals surface area contributed by atoms with Crippen molar-refractivity contribution in [3.05, 3.63) is 71.5 Å². The first-order valence-corrected chi connectivity index (χ1v) is 23.7. The van der Waals surface area contributed by atoms with Crippen molar-refractivity contribution in [2.24, 2.45) is 34.2 Å². The van der Waals surface area contributed by atoms with Crippen LogP contribution in [0.15, 0.2) is 70.9 Å². The van der Waals surface area contributed by atoms with Crippen molar-refractivity contribution in [1.82, 2.24) is 37.2 Å². The van der Waals surface area contributed by atoms with Crippen molar-refractivity contribution in [2.75, 3.05) is 13.7 Å². The Kier molecular flexibility index (Phi) is 25.8. The van der Waals surface area contributed by atoms with E-state index in [-0.39, 0.29) is 55.4 Å². The SMILES string of the molecule is CC=C1NC(=O)CCC(C(=O)O)NC(=O)C(C)C(C=CC(C)=CC(C)C(Cc2ccccc2)OC)NC(=O)C(CCCN=C(N)N)NC(=O)CC(C(=O)O)NC(=O)C(CCC(C)C)NC(=O)C(C)NC1=O. The summed E-state index contributed by atoms with van der Waals surface area (Å²) in [5.41, 5.74) is 12.5. The number of carbonyl (C=O) groups excluding carboxylic acids is 7. The highest BCUT2D eigenvalue weighted by molar-refractivity contribution is 6.00. The lowest BCUT2D eigenvalue weighted by Gasteiger charge is -2.27. The van der Waals surface area contributed by atoms with Crippen LogP contribution in [0.3, 0.4) is 0 Å². The molecule has 71 heavy (non-hydrogen) atoms. The summed E-state index contributed by atoms with van der Waals surface area (Å²) in [6, 6.07) is 1.14. The van der Waals surface area contributed by atoms with Crippen LogP contribution in [0.2, 0.25) is 0 Å². The highest BCUT2D eigenvalue weighted by Gasteiger charge is 2.34. The molecule has 7 amide bonds. The van der Waals surface area contributed by atoms with Gasteiger partial charge in [0.2, 0.25) is 35.4 Å². The third kappa shape index (κ3) is 22.0. The Morgan fingerprint density at radius 1 is 0.817 bits per heavy atom. The second kappa shape index (κ2) is 30.5. The number of benzene rings is 1. The predicted octanol–water partition coefficient (Wildman–Crippen LogP) is 0.810. The molecule has 22 nitrogen and oxygen atoms in total. The monoisotopic (exact) mass is 995 g/mol. The van der Waals surface area contributed by atoms with E-state index in [1.165, 1.54) is 32.9 Å². The number of aliphatic carboxylic acids is 2. The van der Waals surface area contributed by atoms with Crippen LogP contribution in [-0.2, 0) is 54.3 Å². The Labute approximate surface area is 415 Å². The molecular formula is C49H74N10O12.